The molecular formula is C19H16BrIN4O3S. The van der Waals surface area contributed by atoms with Gasteiger partial charge in [0.15, 0.2) is 23.4 Å². The number of methoxy groups -OCH3 is 1. The lowest BCUT2D eigenvalue weighted by molar-refractivity contribution is 0.224. The van der Waals surface area contributed by atoms with Crippen LogP contribution < -0.4 is 14.8 Å². The minimum absolute atomic E-state index is 0.0980. The summed E-state index contributed by atoms with van der Waals surface area (Å²) < 4.78 is 13.1. The maximum absolute atomic E-state index is 10.2. The van der Waals surface area contributed by atoms with E-state index >= 15 is 0 Å². The van der Waals surface area contributed by atoms with E-state index in [1.807, 2.05) is 31.2 Å². The summed E-state index contributed by atoms with van der Waals surface area (Å²) in [5, 5.41) is 22.8. The summed E-state index contributed by atoms with van der Waals surface area (Å²) >= 11 is 7.08. The zero-order valence-electron chi connectivity index (χ0n) is 15.4. The number of benzene rings is 2. The van der Waals surface area contributed by atoms with Gasteiger partial charge in [-0.3, -0.25) is 0 Å². The van der Waals surface area contributed by atoms with Crippen LogP contribution in [0.15, 0.2) is 40.0 Å². The number of aromatic nitrogens is 3. The summed E-state index contributed by atoms with van der Waals surface area (Å²) in [6.45, 7) is 2.03. The molecule has 0 bridgehead atoms. The van der Waals surface area contributed by atoms with Crippen LogP contribution >= 0.6 is 50.3 Å². The first kappa shape index (κ1) is 20.5. The van der Waals surface area contributed by atoms with Crippen LogP contribution in [0.3, 0.4) is 0 Å². The molecule has 4 rings (SSSR count). The number of rotatable bonds is 4. The predicted molar refractivity (Wildman–Crippen MR) is 124 cm³/mol. The van der Waals surface area contributed by atoms with Gasteiger partial charge in [0.25, 0.3) is 0 Å². The maximum Gasteiger partial charge on any atom is 0.247 e. The zero-order chi connectivity index (χ0) is 20.5. The number of hydrogen-bond donors (Lipinski definition) is 2. The minimum atomic E-state index is -0.560. The first-order valence-electron chi connectivity index (χ1n) is 8.67. The standard InChI is InChI=1S/C19H16BrIN4O3S/c1-3-29-19-23-18-15(24-25-19)11-8-10(20)4-5-13(11)22-17(28-18)9-6-12(21)16(26)14(7-9)27-2/h4-8,17,22,26H,3H2,1-2H3. The van der Waals surface area contributed by atoms with Gasteiger partial charge in [0.2, 0.25) is 11.0 Å². The van der Waals surface area contributed by atoms with E-state index in [0.29, 0.717) is 26.1 Å². The smallest absolute Gasteiger partial charge is 0.247 e. The van der Waals surface area contributed by atoms with E-state index < -0.39 is 6.23 Å². The highest BCUT2D eigenvalue weighted by Crippen LogP contribution is 2.42. The molecule has 0 fully saturated rings. The maximum atomic E-state index is 10.2. The molecule has 0 radical (unpaired) electrons. The molecule has 1 unspecified atom stereocenters. The minimum Gasteiger partial charge on any atom is -0.504 e. The van der Waals surface area contributed by atoms with Crippen LogP contribution in [-0.4, -0.2) is 33.2 Å². The summed E-state index contributed by atoms with van der Waals surface area (Å²) in [7, 11) is 1.52. The summed E-state index contributed by atoms with van der Waals surface area (Å²) in [5.74, 6) is 1.70. The Bertz CT molecular complexity index is 1090. The van der Waals surface area contributed by atoms with Gasteiger partial charge in [-0.2, -0.15) is 4.98 Å². The second kappa shape index (κ2) is 8.52. The van der Waals surface area contributed by atoms with Crippen molar-refractivity contribution in [3.63, 3.8) is 0 Å². The van der Waals surface area contributed by atoms with Gasteiger partial charge in [0.1, 0.15) is 0 Å². The molecule has 2 heterocycles. The molecule has 1 aliphatic heterocycles. The van der Waals surface area contributed by atoms with Crippen molar-refractivity contribution in [2.24, 2.45) is 0 Å². The van der Waals surface area contributed by atoms with Crippen LogP contribution in [0.5, 0.6) is 17.4 Å². The Balaban J connectivity index is 1.86. The van der Waals surface area contributed by atoms with Gasteiger partial charge in [-0.15, -0.1) is 10.2 Å². The average molecular weight is 587 g/mol. The summed E-state index contributed by atoms with van der Waals surface area (Å²) in [6, 6.07) is 9.43. The predicted octanol–water partition coefficient (Wildman–Crippen LogP) is 5.24. The van der Waals surface area contributed by atoms with Gasteiger partial charge < -0.3 is 19.9 Å². The Hall–Kier alpha value is -1.79. The second-order valence-electron chi connectivity index (χ2n) is 6.07. The average Bonchev–Trinajstić information content (AvgIpc) is 2.86. The molecule has 1 aromatic heterocycles. The van der Waals surface area contributed by atoms with Crippen molar-refractivity contribution in [1.82, 2.24) is 15.2 Å². The van der Waals surface area contributed by atoms with E-state index in [4.69, 9.17) is 9.47 Å². The van der Waals surface area contributed by atoms with E-state index in [0.717, 1.165) is 27.0 Å². The molecule has 2 aromatic carbocycles. The lowest BCUT2D eigenvalue weighted by Crippen LogP contribution is -2.17. The molecular weight excluding hydrogens is 571 g/mol. The molecule has 1 atom stereocenters. The largest absolute Gasteiger partial charge is 0.504 e. The molecule has 0 saturated carbocycles. The number of hydrogen-bond acceptors (Lipinski definition) is 8. The Labute approximate surface area is 193 Å². The molecule has 2 N–H and O–H groups in total. The summed E-state index contributed by atoms with van der Waals surface area (Å²) in [5.41, 5.74) is 3.03. The van der Waals surface area contributed by atoms with Crippen molar-refractivity contribution < 1.29 is 14.6 Å². The van der Waals surface area contributed by atoms with Gasteiger partial charge >= 0.3 is 0 Å². The molecule has 10 heteroatoms. The number of nitrogens with zero attached hydrogens (tertiary/aromatic N) is 3. The van der Waals surface area contributed by atoms with E-state index in [2.05, 4.69) is 59.0 Å². The first-order valence-corrected chi connectivity index (χ1v) is 11.5. The lowest BCUT2D eigenvalue weighted by Gasteiger charge is -2.20. The molecule has 0 aliphatic carbocycles. The quantitative estimate of drug-likeness (QED) is 0.317. The number of phenolic OH excluding ortho intramolecular Hbond substituents is 1. The third kappa shape index (κ3) is 4.10. The summed E-state index contributed by atoms with van der Waals surface area (Å²) in [4.78, 5) is 4.58. The number of phenols is 1. The molecule has 0 saturated heterocycles. The molecule has 7 nitrogen and oxygen atoms in total. The van der Waals surface area contributed by atoms with Crippen LogP contribution in [-0.2, 0) is 0 Å². The van der Waals surface area contributed by atoms with Gasteiger partial charge in [-0.1, -0.05) is 34.6 Å². The highest BCUT2D eigenvalue weighted by atomic mass is 127. The molecule has 0 spiro atoms. The summed E-state index contributed by atoms with van der Waals surface area (Å²) in [6.07, 6.45) is -0.560. The van der Waals surface area contributed by atoms with Crippen LogP contribution in [0.1, 0.15) is 18.7 Å². The normalized spacial score (nSPS) is 14.8. The van der Waals surface area contributed by atoms with Crippen molar-refractivity contribution in [2.45, 2.75) is 18.3 Å². The van der Waals surface area contributed by atoms with E-state index in [1.54, 1.807) is 6.07 Å². The van der Waals surface area contributed by atoms with Crippen molar-refractivity contribution >= 4 is 56.0 Å². The monoisotopic (exact) mass is 586 g/mol. The fourth-order valence-electron chi connectivity index (χ4n) is 2.91. The number of anilines is 1. The van der Waals surface area contributed by atoms with Crippen molar-refractivity contribution in [1.29, 1.82) is 0 Å². The van der Waals surface area contributed by atoms with Crippen molar-refractivity contribution in [3.05, 3.63) is 43.9 Å². The van der Waals surface area contributed by atoms with Crippen LogP contribution in [0, 0.1) is 3.57 Å². The SMILES string of the molecule is CCSc1nnc2c(n1)OC(c1cc(I)c(O)c(OC)c1)Nc1ccc(Br)cc1-2. The van der Waals surface area contributed by atoms with E-state index in [-0.39, 0.29) is 5.75 Å². The Morgan fingerprint density at radius 1 is 1.31 bits per heavy atom. The number of fused-ring (bicyclic) bond motifs is 3. The fraction of sp³-hybridized carbons (Fsp3) is 0.211. The lowest BCUT2D eigenvalue weighted by atomic mass is 10.1. The molecule has 1 aliphatic rings. The Kier molecular flexibility index (Phi) is 6.02. The number of aromatic hydroxyl groups is 1. The fourth-order valence-corrected chi connectivity index (χ4v) is 4.40. The van der Waals surface area contributed by atoms with Gasteiger partial charge in [0, 0.05) is 21.3 Å². The topological polar surface area (TPSA) is 89.4 Å². The zero-order valence-corrected chi connectivity index (χ0v) is 20.0. The van der Waals surface area contributed by atoms with Crippen LogP contribution in [0.4, 0.5) is 5.69 Å². The van der Waals surface area contributed by atoms with Crippen molar-refractivity contribution in [3.8, 4) is 28.6 Å². The van der Waals surface area contributed by atoms with Gasteiger partial charge in [-0.05, 0) is 58.7 Å². The number of halogens is 2. The number of ether oxygens (including phenoxy) is 2. The Morgan fingerprint density at radius 2 is 2.14 bits per heavy atom. The van der Waals surface area contributed by atoms with Crippen LogP contribution in [0.25, 0.3) is 11.3 Å². The highest BCUT2D eigenvalue weighted by Gasteiger charge is 2.27. The van der Waals surface area contributed by atoms with Crippen molar-refractivity contribution in [2.75, 3.05) is 18.2 Å². The molecule has 29 heavy (non-hydrogen) atoms. The number of nitrogens with one attached hydrogen (secondary N) is 1. The molecule has 0 amide bonds. The third-order valence-electron chi connectivity index (χ3n) is 4.23. The van der Waals surface area contributed by atoms with Gasteiger partial charge in [0.05, 0.1) is 10.7 Å². The second-order valence-corrected chi connectivity index (χ2v) is 9.38. The third-order valence-corrected chi connectivity index (χ3v) is 6.27. The van der Waals surface area contributed by atoms with Crippen LogP contribution in [0.2, 0.25) is 0 Å². The molecule has 3 aromatic rings. The van der Waals surface area contributed by atoms with E-state index in [9.17, 15) is 5.11 Å². The van der Waals surface area contributed by atoms with Gasteiger partial charge in [-0.25, -0.2) is 0 Å². The molecule has 150 valence electrons. The first-order chi connectivity index (χ1) is 14.0. The van der Waals surface area contributed by atoms with E-state index in [1.165, 1.54) is 18.9 Å². The Morgan fingerprint density at radius 3 is 2.90 bits per heavy atom. The highest BCUT2D eigenvalue weighted by molar-refractivity contribution is 14.1. The number of thioether (sulfide) groups is 1.